The SMILES string of the molecule is COc1ccc2c(c1)CC(C)(C)/C2=C1\C=[N+](C)C(C(=O)[O-])C1. The highest BCUT2D eigenvalue weighted by atomic mass is 16.5. The van der Waals surface area contributed by atoms with Crippen LogP contribution in [0.4, 0.5) is 0 Å². The second-order valence-corrected chi connectivity index (χ2v) is 6.82. The highest BCUT2D eigenvalue weighted by Gasteiger charge is 2.39. The maximum Gasteiger partial charge on any atom is 0.196 e. The molecule has 3 rings (SSSR count). The summed E-state index contributed by atoms with van der Waals surface area (Å²) in [6.07, 6.45) is 3.39. The van der Waals surface area contributed by atoms with Gasteiger partial charge >= 0.3 is 0 Å². The molecule has 0 amide bonds. The number of rotatable bonds is 2. The first-order valence-corrected chi connectivity index (χ1v) is 7.52. The second-order valence-electron chi connectivity index (χ2n) is 6.82. The van der Waals surface area contributed by atoms with Gasteiger partial charge in [0.25, 0.3) is 0 Å². The third kappa shape index (κ3) is 2.23. The van der Waals surface area contributed by atoms with E-state index >= 15 is 0 Å². The van der Waals surface area contributed by atoms with Gasteiger partial charge in [-0.15, -0.1) is 0 Å². The third-order valence-electron chi connectivity index (χ3n) is 4.75. The zero-order valence-electron chi connectivity index (χ0n) is 13.5. The van der Waals surface area contributed by atoms with Crippen LogP contribution in [-0.2, 0) is 11.2 Å². The van der Waals surface area contributed by atoms with Crippen molar-refractivity contribution in [3.05, 3.63) is 34.9 Å². The maximum atomic E-state index is 11.3. The number of aliphatic carboxylic acids is 1. The molecule has 0 saturated heterocycles. The Hall–Kier alpha value is -2.10. The largest absolute Gasteiger partial charge is 0.543 e. The molecule has 116 valence electrons. The molecule has 22 heavy (non-hydrogen) atoms. The maximum absolute atomic E-state index is 11.3. The Labute approximate surface area is 130 Å². The molecule has 0 N–H and O–H groups in total. The van der Waals surface area contributed by atoms with E-state index in [1.807, 2.05) is 12.3 Å². The van der Waals surface area contributed by atoms with Gasteiger partial charge in [-0.2, -0.15) is 0 Å². The molecule has 0 aromatic heterocycles. The summed E-state index contributed by atoms with van der Waals surface area (Å²) in [4.78, 5) is 11.3. The number of carboxylic acid groups (broad SMARTS) is 1. The minimum absolute atomic E-state index is 0.0117. The number of carbonyl (C=O) groups excluding carboxylic acids is 1. The van der Waals surface area contributed by atoms with E-state index in [4.69, 9.17) is 4.74 Å². The Morgan fingerprint density at radius 1 is 1.41 bits per heavy atom. The first-order valence-electron chi connectivity index (χ1n) is 7.52. The van der Waals surface area contributed by atoms with E-state index in [9.17, 15) is 9.90 Å². The Kier molecular flexibility index (Phi) is 3.35. The predicted molar refractivity (Wildman–Crippen MR) is 83.1 cm³/mol. The van der Waals surface area contributed by atoms with Crippen molar-refractivity contribution in [2.24, 2.45) is 5.41 Å². The molecule has 0 radical (unpaired) electrons. The molecule has 1 aliphatic heterocycles. The Morgan fingerprint density at radius 2 is 2.14 bits per heavy atom. The molecule has 4 heteroatoms. The zero-order valence-corrected chi connectivity index (χ0v) is 13.5. The summed E-state index contributed by atoms with van der Waals surface area (Å²) in [5.74, 6) is -0.152. The molecule has 0 saturated carbocycles. The number of allylic oxidation sites excluding steroid dienone is 1. The monoisotopic (exact) mass is 299 g/mol. The van der Waals surface area contributed by atoms with Crippen LogP contribution in [0.3, 0.4) is 0 Å². The van der Waals surface area contributed by atoms with Crippen LogP contribution >= 0.6 is 0 Å². The summed E-state index contributed by atoms with van der Waals surface area (Å²) in [5.41, 5.74) is 4.82. The van der Waals surface area contributed by atoms with E-state index in [2.05, 4.69) is 26.0 Å². The van der Waals surface area contributed by atoms with Gasteiger partial charge in [0.1, 0.15) is 18.8 Å². The first kappa shape index (κ1) is 14.8. The quantitative estimate of drug-likeness (QED) is 0.773. The highest BCUT2D eigenvalue weighted by molar-refractivity contribution is 5.95. The van der Waals surface area contributed by atoms with Gasteiger partial charge in [0.15, 0.2) is 12.3 Å². The summed E-state index contributed by atoms with van der Waals surface area (Å²) < 4.78 is 7.06. The number of carboxylic acids is 1. The zero-order chi connectivity index (χ0) is 16.1. The molecule has 0 spiro atoms. The van der Waals surface area contributed by atoms with Crippen LogP contribution in [-0.4, -0.2) is 37.0 Å². The van der Waals surface area contributed by atoms with Gasteiger partial charge in [0, 0.05) is 12.0 Å². The summed E-state index contributed by atoms with van der Waals surface area (Å²) in [6, 6.07) is 5.57. The minimum atomic E-state index is -1.01. The molecule has 4 nitrogen and oxygen atoms in total. The van der Waals surface area contributed by atoms with Crippen molar-refractivity contribution >= 4 is 17.8 Å². The van der Waals surface area contributed by atoms with Crippen molar-refractivity contribution in [1.29, 1.82) is 0 Å². The van der Waals surface area contributed by atoms with Crippen molar-refractivity contribution in [3.8, 4) is 5.75 Å². The van der Waals surface area contributed by atoms with E-state index in [0.29, 0.717) is 6.42 Å². The lowest BCUT2D eigenvalue weighted by atomic mass is 9.81. The number of ether oxygens (including phenoxy) is 1. The number of nitrogens with zero attached hydrogens (tertiary/aromatic N) is 1. The van der Waals surface area contributed by atoms with Gasteiger partial charge in [0.2, 0.25) is 0 Å². The van der Waals surface area contributed by atoms with Crippen LogP contribution in [0.1, 0.15) is 31.4 Å². The topological polar surface area (TPSA) is 52.4 Å². The van der Waals surface area contributed by atoms with Crippen LogP contribution in [0, 0.1) is 5.41 Å². The van der Waals surface area contributed by atoms with Gasteiger partial charge in [-0.1, -0.05) is 19.9 Å². The molecule has 2 aliphatic rings. The number of likely N-dealkylation sites (N-methyl/N-ethyl adjacent to an activating group) is 1. The molecule has 1 aromatic rings. The number of benzene rings is 1. The standard InChI is InChI=1S/C18H21NO3/c1-18(2)9-11-7-13(22-4)5-6-14(11)16(18)12-8-15(17(20)21)19(3)10-12/h5-7,10,15H,8-9H2,1-4H3/b16-12-. The second kappa shape index (κ2) is 4.97. The number of hydrogen-bond acceptors (Lipinski definition) is 3. The molecule has 0 bridgehead atoms. The normalized spacial score (nSPS) is 25.8. The lowest BCUT2D eigenvalue weighted by Crippen LogP contribution is -2.39. The highest BCUT2D eigenvalue weighted by Crippen LogP contribution is 2.49. The molecular formula is C18H21NO3. The van der Waals surface area contributed by atoms with Crippen molar-refractivity contribution < 1.29 is 19.2 Å². The average molecular weight is 299 g/mol. The summed E-state index contributed by atoms with van der Waals surface area (Å²) in [5, 5.41) is 11.3. The van der Waals surface area contributed by atoms with Gasteiger partial charge < -0.3 is 14.6 Å². The van der Waals surface area contributed by atoms with E-state index < -0.39 is 12.0 Å². The van der Waals surface area contributed by atoms with E-state index in [1.54, 1.807) is 18.7 Å². The molecule has 1 aromatic carbocycles. The van der Waals surface area contributed by atoms with Crippen LogP contribution in [0.5, 0.6) is 5.75 Å². The fraction of sp³-hybridized carbons (Fsp3) is 0.444. The van der Waals surface area contributed by atoms with Crippen LogP contribution in [0.25, 0.3) is 5.57 Å². The fourth-order valence-corrected chi connectivity index (χ4v) is 3.78. The number of methoxy groups -OCH3 is 1. The molecule has 1 unspecified atom stereocenters. The Bertz CT molecular complexity index is 713. The number of carbonyl (C=O) groups is 1. The van der Waals surface area contributed by atoms with E-state index in [-0.39, 0.29) is 5.41 Å². The Balaban J connectivity index is 2.12. The van der Waals surface area contributed by atoms with Crippen LogP contribution in [0.2, 0.25) is 0 Å². The smallest absolute Gasteiger partial charge is 0.196 e. The minimum Gasteiger partial charge on any atom is -0.543 e. The third-order valence-corrected chi connectivity index (χ3v) is 4.75. The number of fused-ring (bicyclic) bond motifs is 1. The van der Waals surface area contributed by atoms with Crippen molar-refractivity contribution in [3.63, 3.8) is 0 Å². The molecule has 0 fully saturated rings. The summed E-state index contributed by atoms with van der Waals surface area (Å²) in [7, 11) is 3.47. The molecule has 1 aliphatic carbocycles. The summed E-state index contributed by atoms with van der Waals surface area (Å²) >= 11 is 0. The Morgan fingerprint density at radius 3 is 2.73 bits per heavy atom. The van der Waals surface area contributed by atoms with Crippen molar-refractivity contribution in [1.82, 2.24) is 0 Å². The number of hydrogen-bond donors (Lipinski definition) is 0. The predicted octanol–water partition coefficient (Wildman–Crippen LogP) is 1.27. The summed E-state index contributed by atoms with van der Waals surface area (Å²) in [6.45, 7) is 4.42. The van der Waals surface area contributed by atoms with Gasteiger partial charge in [-0.05, 0) is 40.7 Å². The molecule has 1 heterocycles. The van der Waals surface area contributed by atoms with Crippen LogP contribution < -0.4 is 9.84 Å². The van der Waals surface area contributed by atoms with Crippen molar-refractivity contribution in [2.75, 3.05) is 14.2 Å². The fourth-order valence-electron chi connectivity index (χ4n) is 3.78. The van der Waals surface area contributed by atoms with Crippen LogP contribution in [0.15, 0.2) is 23.8 Å². The molecule has 1 atom stereocenters. The lowest BCUT2D eigenvalue weighted by Gasteiger charge is -2.21. The van der Waals surface area contributed by atoms with Gasteiger partial charge in [-0.25, -0.2) is 4.58 Å². The molecular weight excluding hydrogens is 278 g/mol. The van der Waals surface area contributed by atoms with Crippen molar-refractivity contribution in [2.45, 2.75) is 32.7 Å². The van der Waals surface area contributed by atoms with E-state index in [0.717, 1.165) is 17.7 Å². The average Bonchev–Trinajstić information content (AvgIpc) is 2.93. The van der Waals surface area contributed by atoms with Gasteiger partial charge in [0.05, 0.1) is 7.11 Å². The van der Waals surface area contributed by atoms with Gasteiger partial charge in [-0.3, -0.25) is 0 Å². The van der Waals surface area contributed by atoms with E-state index in [1.165, 1.54) is 16.7 Å². The first-order chi connectivity index (χ1) is 10.3. The lowest BCUT2D eigenvalue weighted by molar-refractivity contribution is -0.526.